The van der Waals surface area contributed by atoms with E-state index < -0.39 is 18.0 Å². The standard InChI is InChI=1S/C15H18N2O4/c1-10(18)17(12-8-5-9-12)15(21)16-13(14(19)20)11-6-3-2-4-7-11/h2-4,6-7,12-13H,5,8-9H2,1H3,(H,16,21)(H,19,20). The molecule has 0 aliphatic heterocycles. The van der Waals surface area contributed by atoms with Crippen molar-refractivity contribution in [3.8, 4) is 0 Å². The van der Waals surface area contributed by atoms with Gasteiger partial charge in [-0.2, -0.15) is 0 Å². The van der Waals surface area contributed by atoms with Crippen molar-refractivity contribution in [2.45, 2.75) is 38.3 Å². The van der Waals surface area contributed by atoms with Crippen LogP contribution in [0.2, 0.25) is 0 Å². The minimum absolute atomic E-state index is 0.118. The molecular formula is C15H18N2O4. The number of amides is 3. The highest BCUT2D eigenvalue weighted by Gasteiger charge is 2.34. The quantitative estimate of drug-likeness (QED) is 0.887. The first kappa shape index (κ1) is 15.0. The van der Waals surface area contributed by atoms with E-state index in [1.165, 1.54) is 6.92 Å². The number of carbonyl (C=O) groups excluding carboxylic acids is 2. The Hall–Kier alpha value is -2.37. The lowest BCUT2D eigenvalue weighted by Gasteiger charge is -2.35. The van der Waals surface area contributed by atoms with Crippen LogP contribution in [0, 0.1) is 0 Å². The molecule has 1 aliphatic rings. The predicted molar refractivity (Wildman–Crippen MR) is 75.5 cm³/mol. The zero-order valence-electron chi connectivity index (χ0n) is 11.8. The average molecular weight is 290 g/mol. The maximum atomic E-state index is 12.2. The summed E-state index contributed by atoms with van der Waals surface area (Å²) in [6, 6.07) is 6.48. The number of urea groups is 1. The molecule has 1 atom stereocenters. The van der Waals surface area contributed by atoms with Gasteiger partial charge in [-0.25, -0.2) is 9.59 Å². The van der Waals surface area contributed by atoms with Crippen molar-refractivity contribution >= 4 is 17.9 Å². The molecule has 1 saturated carbocycles. The number of imide groups is 1. The third-order valence-corrected chi connectivity index (χ3v) is 3.65. The fourth-order valence-electron chi connectivity index (χ4n) is 2.34. The molecule has 112 valence electrons. The molecule has 1 aliphatic carbocycles. The van der Waals surface area contributed by atoms with Crippen molar-refractivity contribution in [3.05, 3.63) is 35.9 Å². The molecule has 1 unspecified atom stereocenters. The Kier molecular flexibility index (Phi) is 4.57. The van der Waals surface area contributed by atoms with Gasteiger partial charge < -0.3 is 10.4 Å². The Bertz CT molecular complexity index is 540. The van der Waals surface area contributed by atoms with Gasteiger partial charge in [0.1, 0.15) is 0 Å². The molecule has 6 nitrogen and oxygen atoms in total. The molecule has 0 bridgehead atoms. The van der Waals surface area contributed by atoms with E-state index in [4.69, 9.17) is 0 Å². The summed E-state index contributed by atoms with van der Waals surface area (Å²) in [4.78, 5) is 36.4. The van der Waals surface area contributed by atoms with Crippen LogP contribution in [-0.4, -0.2) is 34.0 Å². The number of carboxylic acids is 1. The summed E-state index contributed by atoms with van der Waals surface area (Å²) in [7, 11) is 0. The molecular weight excluding hydrogens is 272 g/mol. The number of carboxylic acid groups (broad SMARTS) is 1. The Morgan fingerprint density at radius 3 is 2.29 bits per heavy atom. The van der Waals surface area contributed by atoms with Crippen LogP contribution in [0.4, 0.5) is 4.79 Å². The Balaban J connectivity index is 2.14. The SMILES string of the molecule is CC(=O)N(C(=O)NC(C(=O)O)c1ccccc1)C1CCC1. The molecule has 0 radical (unpaired) electrons. The molecule has 2 rings (SSSR count). The molecule has 0 spiro atoms. The summed E-state index contributed by atoms with van der Waals surface area (Å²) in [6.07, 6.45) is 2.52. The molecule has 1 fully saturated rings. The van der Waals surface area contributed by atoms with Crippen molar-refractivity contribution in [1.82, 2.24) is 10.2 Å². The lowest BCUT2D eigenvalue weighted by Crippen LogP contribution is -2.52. The monoisotopic (exact) mass is 290 g/mol. The summed E-state index contributed by atoms with van der Waals surface area (Å²) >= 11 is 0. The third kappa shape index (κ3) is 3.39. The van der Waals surface area contributed by atoms with Gasteiger partial charge in [-0.15, -0.1) is 0 Å². The molecule has 3 amide bonds. The number of carbonyl (C=O) groups is 3. The van der Waals surface area contributed by atoms with E-state index >= 15 is 0 Å². The van der Waals surface area contributed by atoms with Gasteiger partial charge >= 0.3 is 12.0 Å². The maximum Gasteiger partial charge on any atom is 0.330 e. The number of nitrogens with one attached hydrogen (secondary N) is 1. The lowest BCUT2D eigenvalue weighted by molar-refractivity contribution is -0.140. The second kappa shape index (κ2) is 6.39. The number of nitrogens with zero attached hydrogens (tertiary/aromatic N) is 1. The van der Waals surface area contributed by atoms with Crippen molar-refractivity contribution in [3.63, 3.8) is 0 Å². The van der Waals surface area contributed by atoms with E-state index in [1.807, 2.05) is 0 Å². The number of benzene rings is 1. The first-order valence-corrected chi connectivity index (χ1v) is 6.88. The van der Waals surface area contributed by atoms with Crippen LogP contribution in [0.25, 0.3) is 0 Å². The minimum atomic E-state index is -1.17. The van der Waals surface area contributed by atoms with Gasteiger partial charge in [-0.1, -0.05) is 30.3 Å². The van der Waals surface area contributed by atoms with E-state index in [2.05, 4.69) is 5.32 Å². The van der Waals surface area contributed by atoms with Gasteiger partial charge in [0.05, 0.1) is 0 Å². The molecule has 0 heterocycles. The van der Waals surface area contributed by atoms with Crippen LogP contribution >= 0.6 is 0 Å². The van der Waals surface area contributed by atoms with Crippen LogP contribution in [0.5, 0.6) is 0 Å². The topological polar surface area (TPSA) is 86.7 Å². The second-order valence-electron chi connectivity index (χ2n) is 5.11. The molecule has 0 saturated heterocycles. The van der Waals surface area contributed by atoms with E-state index in [9.17, 15) is 19.5 Å². The van der Waals surface area contributed by atoms with E-state index in [-0.39, 0.29) is 11.9 Å². The van der Waals surface area contributed by atoms with Crippen LogP contribution in [0.3, 0.4) is 0 Å². The summed E-state index contributed by atoms with van der Waals surface area (Å²) in [5.41, 5.74) is 0.468. The molecule has 6 heteroatoms. The fourth-order valence-corrected chi connectivity index (χ4v) is 2.34. The van der Waals surface area contributed by atoms with Crippen LogP contribution < -0.4 is 5.32 Å². The van der Waals surface area contributed by atoms with Crippen molar-refractivity contribution < 1.29 is 19.5 Å². The average Bonchev–Trinajstić information content (AvgIpc) is 2.39. The third-order valence-electron chi connectivity index (χ3n) is 3.65. The van der Waals surface area contributed by atoms with Gasteiger partial charge in [0, 0.05) is 13.0 Å². The summed E-state index contributed by atoms with van der Waals surface area (Å²) < 4.78 is 0. The van der Waals surface area contributed by atoms with Gasteiger partial charge in [-0.05, 0) is 24.8 Å². The highest BCUT2D eigenvalue weighted by atomic mass is 16.4. The van der Waals surface area contributed by atoms with E-state index in [0.717, 1.165) is 24.2 Å². The smallest absolute Gasteiger partial charge is 0.330 e. The van der Waals surface area contributed by atoms with Gasteiger partial charge in [-0.3, -0.25) is 9.69 Å². The summed E-state index contributed by atoms with van der Waals surface area (Å²) in [5, 5.41) is 11.7. The zero-order chi connectivity index (χ0) is 15.4. The molecule has 0 aromatic heterocycles. The Morgan fingerprint density at radius 2 is 1.86 bits per heavy atom. The Labute approximate surface area is 122 Å². The highest BCUT2D eigenvalue weighted by Crippen LogP contribution is 2.25. The Morgan fingerprint density at radius 1 is 1.24 bits per heavy atom. The maximum absolute atomic E-state index is 12.2. The van der Waals surface area contributed by atoms with Crippen LogP contribution in [0.1, 0.15) is 37.8 Å². The normalized spacial score (nSPS) is 15.7. The van der Waals surface area contributed by atoms with Crippen molar-refractivity contribution in [1.29, 1.82) is 0 Å². The van der Waals surface area contributed by atoms with Gasteiger partial charge in [0.15, 0.2) is 6.04 Å². The van der Waals surface area contributed by atoms with Crippen molar-refractivity contribution in [2.24, 2.45) is 0 Å². The molecule has 1 aromatic rings. The van der Waals surface area contributed by atoms with E-state index in [0.29, 0.717) is 5.56 Å². The minimum Gasteiger partial charge on any atom is -0.479 e. The van der Waals surface area contributed by atoms with Gasteiger partial charge in [0.25, 0.3) is 0 Å². The van der Waals surface area contributed by atoms with Gasteiger partial charge in [0.2, 0.25) is 5.91 Å². The molecule has 21 heavy (non-hydrogen) atoms. The molecule has 2 N–H and O–H groups in total. The van der Waals surface area contributed by atoms with Crippen LogP contribution in [-0.2, 0) is 9.59 Å². The van der Waals surface area contributed by atoms with E-state index in [1.54, 1.807) is 30.3 Å². The largest absolute Gasteiger partial charge is 0.479 e. The second-order valence-corrected chi connectivity index (χ2v) is 5.11. The number of rotatable bonds is 4. The summed E-state index contributed by atoms with van der Waals surface area (Å²) in [5.74, 6) is -1.53. The predicted octanol–water partition coefficient (Wildman–Crippen LogP) is 1.92. The van der Waals surface area contributed by atoms with Crippen LogP contribution in [0.15, 0.2) is 30.3 Å². The van der Waals surface area contributed by atoms with Crippen molar-refractivity contribution in [2.75, 3.05) is 0 Å². The number of aliphatic carboxylic acids is 1. The fraction of sp³-hybridized carbons (Fsp3) is 0.400. The number of hydrogen-bond donors (Lipinski definition) is 2. The first-order valence-electron chi connectivity index (χ1n) is 6.88. The lowest BCUT2D eigenvalue weighted by atomic mass is 9.91. The number of hydrogen-bond acceptors (Lipinski definition) is 3. The zero-order valence-corrected chi connectivity index (χ0v) is 11.8. The first-order chi connectivity index (χ1) is 10.0. The highest BCUT2D eigenvalue weighted by molar-refractivity contribution is 5.95. The molecule has 1 aromatic carbocycles. The summed E-state index contributed by atoms with van der Waals surface area (Å²) in [6.45, 7) is 1.32.